The fourth-order valence-corrected chi connectivity index (χ4v) is 5.20. The van der Waals surface area contributed by atoms with Crippen molar-refractivity contribution in [3.63, 3.8) is 0 Å². The number of aromatic hydroxyl groups is 3. The van der Waals surface area contributed by atoms with E-state index in [1.165, 1.54) is 19.2 Å². The van der Waals surface area contributed by atoms with Crippen LogP contribution in [-0.2, 0) is 15.9 Å². The zero-order valence-electron chi connectivity index (χ0n) is 23.4. The van der Waals surface area contributed by atoms with Gasteiger partial charge in [-0.15, -0.1) is 0 Å². The first-order valence-electron chi connectivity index (χ1n) is 13.6. The van der Waals surface area contributed by atoms with Crippen LogP contribution in [0.1, 0.15) is 34.0 Å². The zero-order chi connectivity index (χ0) is 32.5. The van der Waals surface area contributed by atoms with E-state index in [1.807, 2.05) is 0 Å². The van der Waals surface area contributed by atoms with Gasteiger partial charge in [0.25, 0.3) is 0 Å². The molecule has 10 atom stereocenters. The van der Waals surface area contributed by atoms with Gasteiger partial charge >= 0.3 is 0 Å². The Morgan fingerprint density at radius 3 is 1.98 bits per heavy atom. The lowest BCUT2D eigenvalue weighted by Crippen LogP contribution is -2.60. The highest BCUT2D eigenvalue weighted by molar-refractivity contribution is 6.02. The molecule has 16 nitrogen and oxygen atoms in total. The maximum Gasteiger partial charge on any atom is 0.229 e. The lowest BCUT2D eigenvalue weighted by molar-refractivity contribution is -0.278. The first-order valence-corrected chi connectivity index (χ1v) is 13.6. The Bertz CT molecular complexity index is 1320. The number of phenols is 3. The van der Waals surface area contributed by atoms with Gasteiger partial charge in [0.1, 0.15) is 77.7 Å². The van der Waals surface area contributed by atoms with E-state index in [1.54, 1.807) is 6.07 Å². The van der Waals surface area contributed by atoms with Crippen molar-refractivity contribution in [2.24, 2.45) is 0 Å². The number of ketones is 1. The number of carbonyl (C=O) groups is 1. The Labute approximate surface area is 250 Å². The lowest BCUT2D eigenvalue weighted by atomic mass is 9.88. The van der Waals surface area contributed by atoms with E-state index in [9.17, 15) is 61.0 Å². The fraction of sp³-hybridized carbons (Fsp3) is 0.536. The fourth-order valence-electron chi connectivity index (χ4n) is 5.20. The SMILES string of the molecule is COc1ccc(CCC(=O)c2c(O)cc(O[C@@H]3O[C@H](CO)[C@@H](O)[C@H](O)[C@H]3O)c([C@@H]3O[C@H](CO)[C@@H](O)[C@H](O)[C@H]3O)c2O)cc1O. The molecule has 2 aromatic carbocycles. The second-order valence-electron chi connectivity index (χ2n) is 10.5. The second-order valence-corrected chi connectivity index (χ2v) is 10.5. The average molecular weight is 629 g/mol. The molecule has 0 unspecified atom stereocenters. The lowest BCUT2D eigenvalue weighted by Gasteiger charge is -2.42. The van der Waals surface area contributed by atoms with E-state index in [2.05, 4.69) is 0 Å². The van der Waals surface area contributed by atoms with Crippen molar-refractivity contribution >= 4 is 5.78 Å². The molecule has 2 aliphatic heterocycles. The maximum atomic E-state index is 13.3. The predicted molar refractivity (Wildman–Crippen MR) is 144 cm³/mol. The number of methoxy groups -OCH3 is 1. The summed E-state index contributed by atoms with van der Waals surface area (Å²) in [6, 6.07) is 5.24. The average Bonchev–Trinajstić information content (AvgIpc) is 3.00. The van der Waals surface area contributed by atoms with Crippen molar-refractivity contribution in [2.75, 3.05) is 20.3 Å². The minimum Gasteiger partial charge on any atom is -0.507 e. The maximum absolute atomic E-state index is 13.3. The zero-order valence-corrected chi connectivity index (χ0v) is 23.4. The second kappa shape index (κ2) is 13.8. The van der Waals surface area contributed by atoms with Gasteiger partial charge in [-0.05, 0) is 24.1 Å². The van der Waals surface area contributed by atoms with Gasteiger partial charge in [0.05, 0.1) is 25.9 Å². The van der Waals surface area contributed by atoms with Gasteiger partial charge in [0.15, 0.2) is 17.3 Å². The van der Waals surface area contributed by atoms with Crippen LogP contribution in [0.2, 0.25) is 0 Å². The standard InChI is InChI=1S/C28H36O16/c1-41-14-5-3-10(6-12(14)32)2-4-11(31)18-13(33)7-15(43-28-26(40)24(38)21(35)17(9-30)44-28)19(22(18)36)27-25(39)23(37)20(34)16(8-29)42-27/h3,5-7,16-17,20-21,23-30,32-40H,2,4,8-9H2,1H3/t16-,17-,20-,21-,23+,24+,25-,26-,27+,28-/m1/s1. The molecule has 0 saturated carbocycles. The Morgan fingerprint density at radius 2 is 1.39 bits per heavy atom. The van der Waals surface area contributed by atoms with Crippen molar-refractivity contribution in [1.29, 1.82) is 0 Å². The highest BCUT2D eigenvalue weighted by atomic mass is 16.7. The molecule has 2 aliphatic rings. The smallest absolute Gasteiger partial charge is 0.229 e. The minimum absolute atomic E-state index is 0.0355. The van der Waals surface area contributed by atoms with E-state index in [0.29, 0.717) is 5.56 Å². The summed E-state index contributed by atoms with van der Waals surface area (Å²) in [7, 11) is 1.36. The minimum atomic E-state index is -1.99. The van der Waals surface area contributed by atoms with Crippen LogP contribution in [0.4, 0.5) is 0 Å². The van der Waals surface area contributed by atoms with Crippen LogP contribution in [0, 0.1) is 0 Å². The largest absolute Gasteiger partial charge is 0.507 e. The summed E-state index contributed by atoms with van der Waals surface area (Å²) >= 11 is 0. The van der Waals surface area contributed by atoms with Crippen LogP contribution in [0.25, 0.3) is 0 Å². The van der Waals surface area contributed by atoms with Gasteiger partial charge in [-0.25, -0.2) is 0 Å². The van der Waals surface area contributed by atoms with E-state index >= 15 is 0 Å². The van der Waals surface area contributed by atoms with Gasteiger partial charge in [0.2, 0.25) is 6.29 Å². The summed E-state index contributed by atoms with van der Waals surface area (Å²) in [6.07, 6.45) is -18.1. The molecule has 2 aromatic rings. The summed E-state index contributed by atoms with van der Waals surface area (Å²) in [5.41, 5.74) is -0.717. The van der Waals surface area contributed by atoms with Gasteiger partial charge in [0, 0.05) is 12.5 Å². The van der Waals surface area contributed by atoms with Crippen molar-refractivity contribution in [3.05, 3.63) is 41.0 Å². The quantitative estimate of drug-likeness (QED) is 0.120. The first-order chi connectivity index (χ1) is 20.8. The molecule has 0 aliphatic carbocycles. The molecule has 244 valence electrons. The third-order valence-corrected chi connectivity index (χ3v) is 7.71. The first kappa shape index (κ1) is 33.6. The molecule has 0 bridgehead atoms. The highest BCUT2D eigenvalue weighted by Gasteiger charge is 2.48. The molecule has 0 aromatic heterocycles. The number of aliphatic hydroxyl groups excluding tert-OH is 8. The summed E-state index contributed by atoms with van der Waals surface area (Å²) < 4.78 is 21.5. The summed E-state index contributed by atoms with van der Waals surface area (Å²) in [4.78, 5) is 13.3. The third-order valence-electron chi connectivity index (χ3n) is 7.71. The molecule has 2 saturated heterocycles. The third kappa shape index (κ3) is 6.40. The van der Waals surface area contributed by atoms with Crippen LogP contribution >= 0.6 is 0 Å². The van der Waals surface area contributed by atoms with E-state index in [4.69, 9.17) is 18.9 Å². The van der Waals surface area contributed by atoms with E-state index in [-0.39, 0.29) is 24.3 Å². The molecule has 11 N–H and O–H groups in total. The molecule has 44 heavy (non-hydrogen) atoms. The van der Waals surface area contributed by atoms with Gasteiger partial charge in [-0.1, -0.05) is 6.07 Å². The van der Waals surface area contributed by atoms with Crippen LogP contribution in [0.3, 0.4) is 0 Å². The van der Waals surface area contributed by atoms with Crippen molar-refractivity contribution in [3.8, 4) is 28.7 Å². The van der Waals surface area contributed by atoms with Crippen molar-refractivity contribution in [2.45, 2.75) is 74.1 Å². The number of benzene rings is 2. The topological polar surface area (TPSA) is 277 Å². The van der Waals surface area contributed by atoms with Crippen molar-refractivity contribution in [1.82, 2.24) is 0 Å². The number of Topliss-reactive ketones (excluding diaryl/α,β-unsaturated/α-hetero) is 1. The summed E-state index contributed by atoms with van der Waals surface area (Å²) in [6.45, 7) is -1.65. The Balaban J connectivity index is 1.74. The van der Waals surface area contributed by atoms with Crippen LogP contribution < -0.4 is 9.47 Å². The van der Waals surface area contributed by atoms with Gasteiger partial charge < -0.3 is 75.1 Å². The van der Waals surface area contributed by atoms with Crippen LogP contribution in [0.5, 0.6) is 28.7 Å². The molecule has 2 fully saturated rings. The number of ether oxygens (including phenoxy) is 4. The number of hydrogen-bond donors (Lipinski definition) is 11. The molecular weight excluding hydrogens is 592 g/mol. The van der Waals surface area contributed by atoms with Crippen molar-refractivity contribution < 1.29 is 79.9 Å². The van der Waals surface area contributed by atoms with E-state index in [0.717, 1.165) is 6.07 Å². The molecule has 4 rings (SSSR count). The Kier molecular flexibility index (Phi) is 10.5. The summed E-state index contributed by atoms with van der Waals surface area (Å²) in [5.74, 6) is -3.21. The number of aliphatic hydroxyl groups is 8. The number of phenolic OH excluding ortho intramolecular Hbond substituents is 3. The molecule has 0 amide bonds. The van der Waals surface area contributed by atoms with Crippen LogP contribution in [-0.4, -0.2) is 137 Å². The Morgan fingerprint density at radius 1 is 0.773 bits per heavy atom. The molecular formula is C28H36O16. The van der Waals surface area contributed by atoms with E-state index < -0.39 is 109 Å². The summed E-state index contributed by atoms with van der Waals surface area (Å²) in [5, 5.41) is 114. The number of aryl methyl sites for hydroxylation is 1. The number of rotatable bonds is 10. The van der Waals surface area contributed by atoms with Gasteiger partial charge in [-0.2, -0.15) is 0 Å². The number of hydrogen-bond acceptors (Lipinski definition) is 16. The molecule has 16 heteroatoms. The number of carbonyl (C=O) groups excluding carboxylic acids is 1. The monoisotopic (exact) mass is 628 g/mol. The normalized spacial score (nSPS) is 32.3. The molecule has 0 spiro atoms. The van der Waals surface area contributed by atoms with Gasteiger partial charge in [-0.3, -0.25) is 4.79 Å². The predicted octanol–water partition coefficient (Wildman–Crippen LogP) is -2.68. The highest BCUT2D eigenvalue weighted by Crippen LogP contribution is 2.47. The molecule has 2 heterocycles. The molecule has 0 radical (unpaired) electrons. The Hall–Kier alpha value is -3.29. The van der Waals surface area contributed by atoms with Crippen LogP contribution in [0.15, 0.2) is 24.3 Å².